The Kier molecular flexibility index (Phi) is 3.15. The summed E-state index contributed by atoms with van der Waals surface area (Å²) < 4.78 is 1.04. The molecule has 0 aliphatic rings. The van der Waals surface area contributed by atoms with Crippen LogP contribution < -0.4 is 0 Å². The van der Waals surface area contributed by atoms with Gasteiger partial charge in [0, 0.05) is 10.0 Å². The van der Waals surface area contributed by atoms with Crippen LogP contribution in [0.4, 0.5) is 0 Å². The number of rotatable bonds is 2. The van der Waals surface area contributed by atoms with Crippen LogP contribution in [0.5, 0.6) is 0 Å². The predicted octanol–water partition coefficient (Wildman–Crippen LogP) is 3.71. The third-order valence-electron chi connectivity index (χ3n) is 1.65. The lowest BCUT2D eigenvalue weighted by Gasteiger charge is -1.94. The zero-order valence-electron chi connectivity index (χ0n) is 7.08. The van der Waals surface area contributed by atoms with Gasteiger partial charge in [-0.15, -0.1) is 21.8 Å². The van der Waals surface area contributed by atoms with Gasteiger partial charge in [0.05, 0.1) is 5.88 Å². The van der Waals surface area contributed by atoms with Gasteiger partial charge in [0.15, 0.2) is 0 Å². The van der Waals surface area contributed by atoms with Crippen LogP contribution in [0.1, 0.15) is 5.01 Å². The van der Waals surface area contributed by atoms with Gasteiger partial charge in [-0.1, -0.05) is 39.4 Å². The lowest BCUT2D eigenvalue weighted by atomic mass is 10.2. The molecule has 1 aromatic carbocycles. The Balaban J connectivity index is 2.39. The van der Waals surface area contributed by atoms with E-state index in [2.05, 4.69) is 26.1 Å². The molecule has 0 unspecified atom stereocenters. The van der Waals surface area contributed by atoms with E-state index in [-0.39, 0.29) is 0 Å². The molecule has 0 N–H and O–H groups in total. The molecule has 1 aromatic heterocycles. The maximum atomic E-state index is 5.66. The molecule has 1 heterocycles. The smallest absolute Gasteiger partial charge is 0.142 e. The Morgan fingerprint density at radius 2 is 2.21 bits per heavy atom. The predicted molar refractivity (Wildman–Crippen MR) is 62.6 cm³/mol. The third kappa shape index (κ3) is 2.13. The van der Waals surface area contributed by atoms with E-state index in [4.69, 9.17) is 11.6 Å². The fourth-order valence-electron chi connectivity index (χ4n) is 1.05. The van der Waals surface area contributed by atoms with E-state index < -0.39 is 0 Å². The van der Waals surface area contributed by atoms with Gasteiger partial charge in [0.1, 0.15) is 10.0 Å². The summed E-state index contributed by atoms with van der Waals surface area (Å²) in [6.07, 6.45) is 0. The van der Waals surface area contributed by atoms with E-state index in [1.807, 2.05) is 24.3 Å². The van der Waals surface area contributed by atoms with Gasteiger partial charge in [-0.05, 0) is 12.1 Å². The molecule has 72 valence electrons. The molecule has 0 atom stereocenters. The topological polar surface area (TPSA) is 25.8 Å². The first-order valence-electron chi connectivity index (χ1n) is 3.94. The van der Waals surface area contributed by atoms with Crippen molar-refractivity contribution < 1.29 is 0 Å². The minimum absolute atomic E-state index is 0.422. The van der Waals surface area contributed by atoms with Crippen molar-refractivity contribution in [2.45, 2.75) is 5.88 Å². The van der Waals surface area contributed by atoms with E-state index in [1.54, 1.807) is 0 Å². The van der Waals surface area contributed by atoms with Crippen LogP contribution in [0.15, 0.2) is 28.7 Å². The van der Waals surface area contributed by atoms with Crippen molar-refractivity contribution in [3.05, 3.63) is 33.7 Å². The number of hydrogen-bond acceptors (Lipinski definition) is 3. The molecule has 0 bridgehead atoms. The Morgan fingerprint density at radius 1 is 1.36 bits per heavy atom. The van der Waals surface area contributed by atoms with Crippen molar-refractivity contribution in [2.75, 3.05) is 0 Å². The van der Waals surface area contributed by atoms with E-state index in [0.717, 1.165) is 20.1 Å². The van der Waals surface area contributed by atoms with Crippen LogP contribution in [-0.2, 0) is 5.88 Å². The molecule has 14 heavy (non-hydrogen) atoms. The normalized spacial score (nSPS) is 10.4. The minimum Gasteiger partial charge on any atom is -0.142 e. The maximum absolute atomic E-state index is 5.66. The summed E-state index contributed by atoms with van der Waals surface area (Å²) in [6, 6.07) is 7.97. The largest absolute Gasteiger partial charge is 0.147 e. The summed E-state index contributed by atoms with van der Waals surface area (Å²) in [5.74, 6) is 0.422. The number of nitrogens with zero attached hydrogens (tertiary/aromatic N) is 2. The number of aromatic nitrogens is 2. The highest BCUT2D eigenvalue weighted by molar-refractivity contribution is 9.10. The second-order valence-electron chi connectivity index (χ2n) is 2.64. The number of halogens is 2. The van der Waals surface area contributed by atoms with E-state index in [0.29, 0.717) is 5.88 Å². The highest BCUT2D eigenvalue weighted by atomic mass is 79.9. The molecule has 0 fully saturated rings. The highest BCUT2D eigenvalue weighted by Gasteiger charge is 2.05. The van der Waals surface area contributed by atoms with Crippen molar-refractivity contribution in [1.82, 2.24) is 10.2 Å². The monoisotopic (exact) mass is 288 g/mol. The number of benzene rings is 1. The summed E-state index contributed by atoms with van der Waals surface area (Å²) in [5, 5.41) is 9.78. The summed E-state index contributed by atoms with van der Waals surface area (Å²) in [6.45, 7) is 0. The molecule has 0 saturated heterocycles. The van der Waals surface area contributed by atoms with Gasteiger partial charge in [0.2, 0.25) is 0 Å². The first-order valence-corrected chi connectivity index (χ1v) is 6.08. The fourth-order valence-corrected chi connectivity index (χ4v) is 2.35. The van der Waals surface area contributed by atoms with Gasteiger partial charge in [0.25, 0.3) is 0 Å². The molecule has 2 aromatic rings. The lowest BCUT2D eigenvalue weighted by Crippen LogP contribution is -1.76. The standard InChI is InChI=1S/C9H6BrClN2S/c10-7-3-1-2-6(4-7)9-13-12-8(5-11)14-9/h1-4H,5H2. The molecule has 0 saturated carbocycles. The van der Waals surface area contributed by atoms with Crippen LogP contribution in [0.25, 0.3) is 10.6 Å². The van der Waals surface area contributed by atoms with Gasteiger partial charge in [-0.25, -0.2) is 0 Å². The molecule has 2 nitrogen and oxygen atoms in total. The number of alkyl halides is 1. The lowest BCUT2D eigenvalue weighted by molar-refractivity contribution is 1.04. The van der Waals surface area contributed by atoms with Crippen LogP contribution in [0, 0.1) is 0 Å². The van der Waals surface area contributed by atoms with Gasteiger partial charge >= 0.3 is 0 Å². The van der Waals surface area contributed by atoms with Crippen LogP contribution >= 0.6 is 38.9 Å². The third-order valence-corrected chi connectivity index (χ3v) is 3.53. The summed E-state index contributed by atoms with van der Waals surface area (Å²) in [4.78, 5) is 0. The fraction of sp³-hybridized carbons (Fsp3) is 0.111. The van der Waals surface area contributed by atoms with Crippen molar-refractivity contribution in [1.29, 1.82) is 0 Å². The van der Waals surface area contributed by atoms with Gasteiger partial charge in [-0.3, -0.25) is 0 Å². The summed E-state index contributed by atoms with van der Waals surface area (Å²) >= 11 is 10.6. The van der Waals surface area contributed by atoms with E-state index in [9.17, 15) is 0 Å². The van der Waals surface area contributed by atoms with Crippen molar-refractivity contribution in [3.63, 3.8) is 0 Å². The second-order valence-corrected chi connectivity index (χ2v) is 4.89. The highest BCUT2D eigenvalue weighted by Crippen LogP contribution is 2.26. The molecule has 5 heteroatoms. The van der Waals surface area contributed by atoms with Gasteiger partial charge < -0.3 is 0 Å². The molecule has 2 rings (SSSR count). The molecule has 0 aliphatic heterocycles. The first-order chi connectivity index (χ1) is 6.79. The van der Waals surface area contributed by atoms with Crippen molar-refractivity contribution in [2.24, 2.45) is 0 Å². The Morgan fingerprint density at radius 3 is 2.86 bits per heavy atom. The zero-order chi connectivity index (χ0) is 9.97. The Labute approximate surface area is 99.1 Å². The van der Waals surface area contributed by atoms with E-state index in [1.165, 1.54) is 11.3 Å². The molecular weight excluding hydrogens is 284 g/mol. The average Bonchev–Trinajstić information content (AvgIpc) is 2.66. The quantitative estimate of drug-likeness (QED) is 0.788. The second kappa shape index (κ2) is 4.38. The Hall–Kier alpha value is -0.450. The van der Waals surface area contributed by atoms with Gasteiger partial charge in [-0.2, -0.15) is 0 Å². The zero-order valence-corrected chi connectivity index (χ0v) is 10.2. The average molecular weight is 290 g/mol. The molecule has 0 aliphatic carbocycles. The van der Waals surface area contributed by atoms with Crippen LogP contribution in [-0.4, -0.2) is 10.2 Å². The molecule has 0 spiro atoms. The van der Waals surface area contributed by atoms with Crippen molar-refractivity contribution >= 4 is 38.9 Å². The molecule has 0 amide bonds. The van der Waals surface area contributed by atoms with E-state index >= 15 is 0 Å². The van der Waals surface area contributed by atoms with Crippen LogP contribution in [0.3, 0.4) is 0 Å². The van der Waals surface area contributed by atoms with Crippen LogP contribution in [0.2, 0.25) is 0 Å². The van der Waals surface area contributed by atoms with Crippen molar-refractivity contribution in [3.8, 4) is 10.6 Å². The maximum Gasteiger partial charge on any atom is 0.147 e. The Bertz CT molecular complexity index is 444. The SMILES string of the molecule is ClCc1nnc(-c2cccc(Br)c2)s1. The summed E-state index contributed by atoms with van der Waals surface area (Å²) in [7, 11) is 0. The minimum atomic E-state index is 0.422. The molecule has 0 radical (unpaired) electrons. The summed E-state index contributed by atoms with van der Waals surface area (Å²) in [5.41, 5.74) is 1.06. The molecular formula is C9H6BrClN2S. The first kappa shape index (κ1) is 10.1. The number of hydrogen-bond donors (Lipinski definition) is 0.